The molecule has 0 amide bonds. The topological polar surface area (TPSA) is 71.4 Å². The number of carboxylic acid groups (broad SMARTS) is 1. The Balaban J connectivity index is 5.47. The molecule has 5 heteroatoms. The second kappa shape index (κ2) is 4.79. The third-order valence-corrected chi connectivity index (χ3v) is 4.97. The average Bonchev–Trinajstić information content (AvgIpc) is 2.10. The first-order valence-corrected chi connectivity index (χ1v) is 6.64. The molecule has 0 aliphatic carbocycles. The normalized spacial score (nSPS) is 17.8. The Hall–Kier alpha value is -0.840. The average molecular weight is 234 g/mol. The van der Waals surface area contributed by atoms with E-state index in [9.17, 15) is 13.2 Å². The maximum Gasteiger partial charge on any atom is 0.325 e. The second-order valence-electron chi connectivity index (χ2n) is 3.81. The summed E-state index contributed by atoms with van der Waals surface area (Å²) in [4.78, 5) is 11.1. The van der Waals surface area contributed by atoms with Crippen LogP contribution in [0.25, 0.3) is 0 Å². The smallest absolute Gasteiger partial charge is 0.325 e. The molecule has 0 saturated heterocycles. The van der Waals surface area contributed by atoms with E-state index in [1.54, 1.807) is 13.0 Å². The predicted octanol–water partition coefficient (Wildman–Crippen LogP) is 1.48. The van der Waals surface area contributed by atoms with Gasteiger partial charge in [-0.2, -0.15) is 0 Å². The van der Waals surface area contributed by atoms with Crippen molar-refractivity contribution >= 4 is 15.8 Å². The maximum absolute atomic E-state index is 11.6. The van der Waals surface area contributed by atoms with Crippen LogP contribution in [0.5, 0.6) is 0 Å². The van der Waals surface area contributed by atoms with Crippen molar-refractivity contribution in [1.29, 1.82) is 0 Å². The van der Waals surface area contributed by atoms with Crippen molar-refractivity contribution in [1.82, 2.24) is 0 Å². The molecule has 0 aliphatic rings. The number of hydrogen-bond donors (Lipinski definition) is 1. The molecule has 2 atom stereocenters. The van der Waals surface area contributed by atoms with Gasteiger partial charge in [0.15, 0.2) is 14.6 Å². The van der Waals surface area contributed by atoms with E-state index in [1.807, 2.05) is 0 Å². The number of sulfone groups is 1. The van der Waals surface area contributed by atoms with E-state index in [4.69, 9.17) is 5.11 Å². The third kappa shape index (κ3) is 2.59. The minimum atomic E-state index is -3.64. The first-order chi connectivity index (χ1) is 6.71. The predicted molar refractivity (Wildman–Crippen MR) is 59.5 cm³/mol. The van der Waals surface area contributed by atoms with Gasteiger partial charge in [-0.3, -0.25) is 4.79 Å². The fourth-order valence-corrected chi connectivity index (χ4v) is 2.80. The molecule has 1 unspecified atom stereocenters. The fourth-order valence-electron chi connectivity index (χ4n) is 1.62. The molecule has 0 radical (unpaired) electrons. The van der Waals surface area contributed by atoms with Gasteiger partial charge in [0.05, 0.1) is 0 Å². The van der Waals surface area contributed by atoms with Crippen molar-refractivity contribution in [2.45, 2.75) is 31.4 Å². The molecule has 0 aromatic heterocycles. The van der Waals surface area contributed by atoms with Crippen LogP contribution in [0.3, 0.4) is 0 Å². The van der Waals surface area contributed by atoms with Crippen molar-refractivity contribution in [2.24, 2.45) is 5.92 Å². The van der Waals surface area contributed by atoms with Crippen LogP contribution in [-0.4, -0.2) is 30.5 Å². The molecule has 0 saturated carbocycles. The quantitative estimate of drug-likeness (QED) is 0.706. The standard InChI is InChI=1S/C10H18O4S/c1-5-7-8(6-2)10(3,9(11)12)15(4,13)14/h5,8H,1,6-7H2,2-4H3,(H,11,12)/t8?,10-/m1/s1. The molecule has 0 heterocycles. The van der Waals surface area contributed by atoms with Gasteiger partial charge in [0, 0.05) is 6.26 Å². The summed E-state index contributed by atoms with van der Waals surface area (Å²) >= 11 is 0. The van der Waals surface area contributed by atoms with Crippen LogP contribution in [-0.2, 0) is 14.6 Å². The molecule has 0 aromatic carbocycles. The Kier molecular flexibility index (Phi) is 4.52. The molecule has 0 rings (SSSR count). The van der Waals surface area contributed by atoms with Crippen LogP contribution in [0, 0.1) is 5.92 Å². The lowest BCUT2D eigenvalue weighted by Crippen LogP contribution is -2.49. The Labute approximate surface area is 90.9 Å². The van der Waals surface area contributed by atoms with Gasteiger partial charge in [0.2, 0.25) is 0 Å². The Morgan fingerprint density at radius 2 is 2.07 bits per heavy atom. The molecule has 88 valence electrons. The van der Waals surface area contributed by atoms with Crippen LogP contribution in [0.4, 0.5) is 0 Å². The summed E-state index contributed by atoms with van der Waals surface area (Å²) in [7, 11) is -3.64. The molecule has 0 aromatic rings. The van der Waals surface area contributed by atoms with Crippen molar-refractivity contribution in [3.05, 3.63) is 12.7 Å². The van der Waals surface area contributed by atoms with Crippen LogP contribution in [0.1, 0.15) is 26.7 Å². The van der Waals surface area contributed by atoms with E-state index in [0.717, 1.165) is 6.26 Å². The maximum atomic E-state index is 11.6. The van der Waals surface area contributed by atoms with Gasteiger partial charge in [0.25, 0.3) is 0 Å². The van der Waals surface area contributed by atoms with Crippen LogP contribution < -0.4 is 0 Å². The summed E-state index contributed by atoms with van der Waals surface area (Å²) in [6.07, 6.45) is 3.39. The molecule has 0 spiro atoms. The van der Waals surface area contributed by atoms with Crippen LogP contribution in [0.15, 0.2) is 12.7 Å². The molecule has 1 N–H and O–H groups in total. The Morgan fingerprint density at radius 1 is 1.60 bits per heavy atom. The van der Waals surface area contributed by atoms with Gasteiger partial charge in [-0.15, -0.1) is 6.58 Å². The molecule has 0 bridgehead atoms. The number of aliphatic carboxylic acids is 1. The fraction of sp³-hybridized carbons (Fsp3) is 0.700. The first kappa shape index (κ1) is 14.2. The molecular formula is C10H18O4S. The summed E-state index contributed by atoms with van der Waals surface area (Å²) in [6, 6.07) is 0. The zero-order valence-corrected chi connectivity index (χ0v) is 10.2. The summed E-state index contributed by atoms with van der Waals surface area (Å²) in [5, 5.41) is 9.08. The van der Waals surface area contributed by atoms with Gasteiger partial charge in [0.1, 0.15) is 0 Å². The highest BCUT2D eigenvalue weighted by Gasteiger charge is 2.49. The highest BCUT2D eigenvalue weighted by atomic mass is 32.2. The molecule has 15 heavy (non-hydrogen) atoms. The van der Waals surface area contributed by atoms with Crippen LogP contribution in [0.2, 0.25) is 0 Å². The lowest BCUT2D eigenvalue weighted by Gasteiger charge is -2.30. The largest absolute Gasteiger partial charge is 0.480 e. The van der Waals surface area contributed by atoms with E-state index in [-0.39, 0.29) is 0 Å². The lowest BCUT2D eigenvalue weighted by molar-refractivity contribution is -0.141. The third-order valence-electron chi connectivity index (χ3n) is 2.92. The van der Waals surface area contributed by atoms with E-state index >= 15 is 0 Å². The van der Waals surface area contributed by atoms with Gasteiger partial charge in [-0.05, 0) is 19.3 Å². The summed E-state index contributed by atoms with van der Waals surface area (Å²) in [6.45, 7) is 6.56. The second-order valence-corrected chi connectivity index (χ2v) is 6.21. The minimum absolute atomic E-state index is 0.381. The summed E-state index contributed by atoms with van der Waals surface area (Å²) < 4.78 is 21.4. The van der Waals surface area contributed by atoms with Gasteiger partial charge in [-0.1, -0.05) is 19.4 Å². The molecule has 4 nitrogen and oxygen atoms in total. The highest BCUT2D eigenvalue weighted by Crippen LogP contribution is 2.32. The minimum Gasteiger partial charge on any atom is -0.480 e. The first-order valence-electron chi connectivity index (χ1n) is 4.75. The number of carboxylic acids is 1. The molecular weight excluding hydrogens is 216 g/mol. The highest BCUT2D eigenvalue weighted by molar-refractivity contribution is 7.92. The zero-order valence-electron chi connectivity index (χ0n) is 9.36. The molecule has 0 fully saturated rings. The lowest BCUT2D eigenvalue weighted by atomic mass is 9.88. The van der Waals surface area contributed by atoms with Gasteiger partial charge < -0.3 is 5.11 Å². The van der Waals surface area contributed by atoms with Gasteiger partial charge >= 0.3 is 5.97 Å². The number of rotatable bonds is 6. The van der Waals surface area contributed by atoms with Crippen molar-refractivity contribution < 1.29 is 18.3 Å². The van der Waals surface area contributed by atoms with Crippen molar-refractivity contribution in [3.8, 4) is 0 Å². The Bertz CT molecular complexity index is 344. The SMILES string of the molecule is C=CCC(CC)[C@](C)(C(=O)O)S(C)(=O)=O. The van der Waals surface area contributed by atoms with E-state index < -0.39 is 26.5 Å². The van der Waals surface area contributed by atoms with Crippen molar-refractivity contribution in [2.75, 3.05) is 6.26 Å². The number of allylic oxidation sites excluding steroid dienone is 1. The Morgan fingerprint density at radius 3 is 2.27 bits per heavy atom. The zero-order chi connectivity index (χ0) is 12.3. The number of hydrogen-bond acceptors (Lipinski definition) is 3. The van der Waals surface area contributed by atoms with Gasteiger partial charge in [-0.25, -0.2) is 8.42 Å². The van der Waals surface area contributed by atoms with E-state index in [0.29, 0.717) is 12.8 Å². The molecule has 0 aliphatic heterocycles. The summed E-state index contributed by atoms with van der Waals surface area (Å²) in [5.74, 6) is -1.74. The van der Waals surface area contributed by atoms with E-state index in [1.165, 1.54) is 6.92 Å². The number of carbonyl (C=O) groups is 1. The van der Waals surface area contributed by atoms with E-state index in [2.05, 4.69) is 6.58 Å². The van der Waals surface area contributed by atoms with Crippen LogP contribution >= 0.6 is 0 Å². The van der Waals surface area contributed by atoms with Crippen molar-refractivity contribution in [3.63, 3.8) is 0 Å². The summed E-state index contributed by atoms with van der Waals surface area (Å²) in [5.41, 5.74) is 0. The monoisotopic (exact) mass is 234 g/mol.